The summed E-state index contributed by atoms with van der Waals surface area (Å²) in [4.78, 5) is 26.2. The molecule has 1 heterocycles. The Balaban J connectivity index is 1.69. The highest BCUT2D eigenvalue weighted by Crippen LogP contribution is 2.32. The highest BCUT2D eigenvalue weighted by atomic mass is 16.2. The van der Waals surface area contributed by atoms with Gasteiger partial charge in [0.2, 0.25) is 5.91 Å². The minimum Gasteiger partial charge on any atom is -0.338 e. The summed E-state index contributed by atoms with van der Waals surface area (Å²) in [6.45, 7) is 1.35. The van der Waals surface area contributed by atoms with Crippen molar-refractivity contribution in [2.45, 2.75) is 18.9 Å². The number of rotatable bonds is 2. The molecule has 0 aromatic rings. The summed E-state index contributed by atoms with van der Waals surface area (Å²) in [5.41, 5.74) is 0. The number of nitrogens with zero attached hydrogens (tertiary/aromatic N) is 2. The molecule has 1 N–H and O–H groups in total. The lowest BCUT2D eigenvalue weighted by Crippen LogP contribution is -2.62. The molecule has 5 heteroatoms. The van der Waals surface area contributed by atoms with Gasteiger partial charge in [0.05, 0.1) is 6.04 Å². The Morgan fingerprint density at radius 1 is 1.27 bits per heavy atom. The Morgan fingerprint density at radius 3 is 2.33 bits per heavy atom. The van der Waals surface area contributed by atoms with E-state index in [9.17, 15) is 9.59 Å². The molecule has 3 amide bonds. The van der Waals surface area contributed by atoms with Gasteiger partial charge in [-0.25, -0.2) is 4.79 Å². The second-order valence-electron chi connectivity index (χ2n) is 4.56. The van der Waals surface area contributed by atoms with Crippen molar-refractivity contribution in [1.82, 2.24) is 15.1 Å². The van der Waals surface area contributed by atoms with Crippen LogP contribution >= 0.6 is 0 Å². The molecule has 1 aliphatic heterocycles. The van der Waals surface area contributed by atoms with Crippen LogP contribution < -0.4 is 5.32 Å². The Bertz CT molecular complexity index is 280. The molecule has 5 nitrogen and oxygen atoms in total. The molecule has 0 bridgehead atoms. The third-order valence-corrected chi connectivity index (χ3v) is 2.85. The van der Waals surface area contributed by atoms with Gasteiger partial charge in [0.25, 0.3) is 0 Å². The number of hydrogen-bond acceptors (Lipinski definition) is 2. The summed E-state index contributed by atoms with van der Waals surface area (Å²) >= 11 is 0. The molecule has 2 fully saturated rings. The van der Waals surface area contributed by atoms with Gasteiger partial charge in [0, 0.05) is 33.1 Å². The van der Waals surface area contributed by atoms with E-state index in [4.69, 9.17) is 0 Å². The maximum Gasteiger partial charge on any atom is 0.317 e. The van der Waals surface area contributed by atoms with E-state index in [2.05, 4.69) is 5.32 Å². The zero-order chi connectivity index (χ0) is 11.0. The summed E-state index contributed by atoms with van der Waals surface area (Å²) in [7, 11) is 3.42. The van der Waals surface area contributed by atoms with Crippen LogP contribution in [0.3, 0.4) is 0 Å². The van der Waals surface area contributed by atoms with E-state index in [1.807, 2.05) is 4.90 Å². The van der Waals surface area contributed by atoms with Crippen LogP contribution in [0.15, 0.2) is 0 Å². The normalized spacial score (nSPS) is 20.8. The van der Waals surface area contributed by atoms with Crippen molar-refractivity contribution in [3.05, 3.63) is 0 Å². The minimum atomic E-state index is -0.0847. The van der Waals surface area contributed by atoms with Crippen LogP contribution in [0, 0.1) is 5.92 Å². The maximum absolute atomic E-state index is 11.6. The lowest BCUT2D eigenvalue weighted by atomic mass is 10.1. The number of carbonyl (C=O) groups excluding carboxylic acids is 2. The van der Waals surface area contributed by atoms with Gasteiger partial charge in [-0.15, -0.1) is 0 Å². The van der Waals surface area contributed by atoms with Crippen LogP contribution in [-0.4, -0.2) is 55.0 Å². The van der Waals surface area contributed by atoms with Crippen LogP contribution in [0.25, 0.3) is 0 Å². The molecule has 1 saturated carbocycles. The summed E-state index contributed by atoms with van der Waals surface area (Å²) in [6.07, 6.45) is 2.09. The van der Waals surface area contributed by atoms with E-state index >= 15 is 0 Å². The van der Waals surface area contributed by atoms with Gasteiger partial charge in [-0.1, -0.05) is 0 Å². The van der Waals surface area contributed by atoms with Crippen molar-refractivity contribution in [1.29, 1.82) is 0 Å². The number of amides is 3. The van der Waals surface area contributed by atoms with E-state index in [0.29, 0.717) is 13.1 Å². The molecule has 0 radical (unpaired) electrons. The average Bonchev–Trinajstić information content (AvgIpc) is 2.91. The van der Waals surface area contributed by atoms with E-state index in [-0.39, 0.29) is 23.9 Å². The molecule has 15 heavy (non-hydrogen) atoms. The fraction of sp³-hybridized carbons (Fsp3) is 0.800. The van der Waals surface area contributed by atoms with Crippen molar-refractivity contribution in [3.63, 3.8) is 0 Å². The number of urea groups is 1. The third kappa shape index (κ3) is 2.22. The zero-order valence-corrected chi connectivity index (χ0v) is 9.19. The van der Waals surface area contributed by atoms with Crippen LogP contribution in [0.1, 0.15) is 12.8 Å². The predicted molar refractivity (Wildman–Crippen MR) is 55.3 cm³/mol. The van der Waals surface area contributed by atoms with Crippen LogP contribution in [0.5, 0.6) is 0 Å². The topological polar surface area (TPSA) is 52.7 Å². The van der Waals surface area contributed by atoms with Crippen molar-refractivity contribution in [2.24, 2.45) is 5.92 Å². The minimum absolute atomic E-state index is 0.0847. The first-order valence-electron chi connectivity index (χ1n) is 5.34. The second-order valence-corrected chi connectivity index (χ2v) is 4.56. The monoisotopic (exact) mass is 211 g/mol. The molecule has 84 valence electrons. The fourth-order valence-electron chi connectivity index (χ4n) is 1.64. The van der Waals surface area contributed by atoms with Crippen molar-refractivity contribution in [2.75, 3.05) is 27.2 Å². The Labute approximate surface area is 89.4 Å². The molecule has 2 aliphatic rings. The number of nitrogens with one attached hydrogen (secondary N) is 1. The molecule has 0 atom stereocenters. The number of hydrogen-bond donors (Lipinski definition) is 1. The Hall–Kier alpha value is -1.26. The number of likely N-dealkylation sites (tertiary alicyclic amines) is 1. The van der Waals surface area contributed by atoms with Crippen molar-refractivity contribution in [3.8, 4) is 0 Å². The first-order valence-corrected chi connectivity index (χ1v) is 5.34. The lowest BCUT2D eigenvalue weighted by molar-refractivity contribution is -0.137. The fourth-order valence-corrected chi connectivity index (χ4v) is 1.64. The molecule has 1 saturated heterocycles. The van der Waals surface area contributed by atoms with E-state index < -0.39 is 0 Å². The van der Waals surface area contributed by atoms with Crippen LogP contribution in [-0.2, 0) is 4.79 Å². The Morgan fingerprint density at radius 2 is 1.87 bits per heavy atom. The number of carbonyl (C=O) groups is 2. The SMILES string of the molecule is CN(C)C(=O)NC1CN(C(=O)C2CC2)C1. The summed E-state index contributed by atoms with van der Waals surface area (Å²) < 4.78 is 0. The second kappa shape index (κ2) is 3.72. The first-order chi connectivity index (χ1) is 7.08. The first kappa shape index (κ1) is 10.3. The summed E-state index contributed by atoms with van der Waals surface area (Å²) in [5, 5.41) is 2.85. The highest BCUT2D eigenvalue weighted by Gasteiger charge is 2.39. The molecular weight excluding hydrogens is 194 g/mol. The molecule has 0 unspecified atom stereocenters. The molecule has 0 spiro atoms. The standard InChI is InChI=1S/C10H17N3O2/c1-12(2)10(15)11-8-5-13(6-8)9(14)7-3-4-7/h7-8H,3-6H2,1-2H3,(H,11,15). The quantitative estimate of drug-likeness (QED) is 0.692. The molecular formula is C10H17N3O2. The van der Waals surface area contributed by atoms with E-state index in [0.717, 1.165) is 12.8 Å². The zero-order valence-electron chi connectivity index (χ0n) is 9.19. The van der Waals surface area contributed by atoms with Crippen LogP contribution in [0.4, 0.5) is 4.79 Å². The smallest absolute Gasteiger partial charge is 0.317 e. The maximum atomic E-state index is 11.6. The van der Waals surface area contributed by atoms with Gasteiger partial charge in [0.1, 0.15) is 0 Å². The largest absolute Gasteiger partial charge is 0.338 e. The molecule has 1 aliphatic carbocycles. The highest BCUT2D eigenvalue weighted by molar-refractivity contribution is 5.82. The van der Waals surface area contributed by atoms with Gasteiger partial charge in [-0.3, -0.25) is 4.79 Å². The third-order valence-electron chi connectivity index (χ3n) is 2.85. The lowest BCUT2D eigenvalue weighted by Gasteiger charge is -2.40. The van der Waals surface area contributed by atoms with E-state index in [1.165, 1.54) is 4.90 Å². The molecule has 2 rings (SSSR count). The van der Waals surface area contributed by atoms with Gasteiger partial charge < -0.3 is 15.1 Å². The van der Waals surface area contributed by atoms with Crippen LogP contribution in [0.2, 0.25) is 0 Å². The average molecular weight is 211 g/mol. The van der Waals surface area contributed by atoms with Gasteiger partial charge in [-0.2, -0.15) is 0 Å². The van der Waals surface area contributed by atoms with E-state index in [1.54, 1.807) is 14.1 Å². The Kier molecular flexibility index (Phi) is 2.54. The van der Waals surface area contributed by atoms with Gasteiger partial charge >= 0.3 is 6.03 Å². The predicted octanol–water partition coefficient (Wildman–Crippen LogP) is -0.122. The summed E-state index contributed by atoms with van der Waals surface area (Å²) in [5.74, 6) is 0.556. The van der Waals surface area contributed by atoms with Gasteiger partial charge in [-0.05, 0) is 12.8 Å². The van der Waals surface area contributed by atoms with Crippen molar-refractivity contribution < 1.29 is 9.59 Å². The molecule has 0 aromatic carbocycles. The van der Waals surface area contributed by atoms with Crippen molar-refractivity contribution >= 4 is 11.9 Å². The summed E-state index contributed by atoms with van der Waals surface area (Å²) in [6, 6.07) is 0.0566. The molecule has 0 aromatic heterocycles. The van der Waals surface area contributed by atoms with Gasteiger partial charge in [0.15, 0.2) is 0 Å².